The number of rotatable bonds is 20. The van der Waals surface area contributed by atoms with Crippen LogP contribution in [-0.4, -0.2) is 98.0 Å². The first-order chi connectivity index (χ1) is 31.6. The van der Waals surface area contributed by atoms with Crippen LogP contribution in [-0.2, 0) is 17.8 Å². The highest BCUT2D eigenvalue weighted by Gasteiger charge is 2.20. The average Bonchev–Trinajstić information content (AvgIpc) is 3.32. The van der Waals surface area contributed by atoms with E-state index in [0.717, 1.165) is 85.6 Å². The van der Waals surface area contributed by atoms with Gasteiger partial charge < -0.3 is 50.9 Å². The lowest BCUT2D eigenvalue weighted by molar-refractivity contribution is 0.0368. The molecular weight excluding hydrogens is 850 g/mol. The van der Waals surface area contributed by atoms with Crippen LogP contribution < -0.4 is 41.0 Å². The van der Waals surface area contributed by atoms with Crippen LogP contribution in [0, 0.1) is 6.92 Å². The second-order valence-corrected chi connectivity index (χ2v) is 15.6. The average molecular weight is 908 g/mol. The number of alkyl halides is 1. The number of aliphatic hydroxyl groups is 1. The zero-order chi connectivity index (χ0) is 46.3. The van der Waals surface area contributed by atoms with Crippen LogP contribution in [0.4, 0.5) is 22.7 Å². The molecule has 0 aliphatic carbocycles. The molecule has 0 unspecified atom stereocenters. The molecule has 65 heavy (non-hydrogen) atoms. The third-order valence-corrected chi connectivity index (χ3v) is 11.4. The van der Waals surface area contributed by atoms with E-state index in [9.17, 15) is 14.7 Å². The third-order valence-electron chi connectivity index (χ3n) is 11.1. The second kappa shape index (κ2) is 23.5. The van der Waals surface area contributed by atoms with E-state index in [2.05, 4.69) is 38.5 Å². The van der Waals surface area contributed by atoms with Gasteiger partial charge >= 0.3 is 0 Å². The minimum absolute atomic E-state index is 0.0854. The van der Waals surface area contributed by atoms with Crippen LogP contribution in [0.25, 0.3) is 21.8 Å². The molecule has 6 aromatic rings. The predicted octanol–water partition coefficient (Wildman–Crippen LogP) is 8.03. The van der Waals surface area contributed by atoms with Crippen molar-refractivity contribution in [2.75, 3.05) is 76.8 Å². The number of aryl methyl sites for hydroxylation is 1. The van der Waals surface area contributed by atoms with Gasteiger partial charge in [-0.25, -0.2) is 0 Å². The van der Waals surface area contributed by atoms with Crippen molar-refractivity contribution in [3.63, 3.8) is 0 Å². The number of hydrogen-bond donors (Lipinski definition) is 5. The van der Waals surface area contributed by atoms with Crippen LogP contribution in [0.5, 0.6) is 23.0 Å². The SMILES string of the molecule is CCc1ccccc1Nc1c(C(N)=O)cnc2cc(OCCCCN3CCOCC3)c(OC)cc12.COc1cc2c(Nc3cccc(CO)c3C)c(C(N)=O)cnc2cc1OCCCCl. The van der Waals surface area contributed by atoms with E-state index in [1.165, 1.54) is 12.4 Å². The Morgan fingerprint density at radius 2 is 1.29 bits per heavy atom. The Kier molecular flexibility index (Phi) is 17.4. The molecular formula is C49H58ClN7O8. The Hall–Kier alpha value is -6.39. The molecule has 7 N–H and O–H groups in total. The Balaban J connectivity index is 0.000000218. The molecule has 344 valence electrons. The second-order valence-electron chi connectivity index (χ2n) is 15.3. The number of nitrogens with one attached hydrogen (secondary N) is 2. The van der Waals surface area contributed by atoms with Crippen molar-refractivity contribution in [3.05, 3.63) is 107 Å². The van der Waals surface area contributed by atoms with E-state index in [4.69, 9.17) is 46.8 Å². The Morgan fingerprint density at radius 1 is 0.754 bits per heavy atom. The molecule has 0 radical (unpaired) electrons. The molecule has 2 aromatic heterocycles. The first-order valence-electron chi connectivity index (χ1n) is 21.6. The molecule has 16 heteroatoms. The normalized spacial score (nSPS) is 12.6. The Bertz CT molecular complexity index is 2590. The standard InChI is InChI=1S/C27H34N4O4.C22H24ClN3O4/c1-3-19-8-4-5-9-22(19)30-26-20-16-24(33-2)25(17-23(20)29-18-21(26)27(28)32)35-13-7-6-10-31-11-14-34-15-12-31;1-13-14(12-27)5-3-6-17(13)26-21-15-9-19(29-2)20(30-8-4-7-23)10-18(15)25-11-16(21)22(24)28/h4-5,8-9,16-18H,3,6-7,10-15H2,1-2H3,(H2,28,32)(H,29,30);3,5-6,9-11,27H,4,7-8,12H2,1-2H3,(H2,24,28)(H,25,26). The maximum Gasteiger partial charge on any atom is 0.252 e. The van der Waals surface area contributed by atoms with E-state index in [-0.39, 0.29) is 12.2 Å². The van der Waals surface area contributed by atoms with Crippen LogP contribution in [0.3, 0.4) is 0 Å². The first kappa shape index (κ1) is 48.1. The number of aromatic nitrogens is 2. The largest absolute Gasteiger partial charge is 0.493 e. The number of benzene rings is 4. The summed E-state index contributed by atoms with van der Waals surface area (Å²) in [5.41, 5.74) is 18.7. The number of methoxy groups -OCH3 is 2. The molecule has 15 nitrogen and oxygen atoms in total. The summed E-state index contributed by atoms with van der Waals surface area (Å²) in [4.78, 5) is 35.6. The number of ether oxygens (including phenoxy) is 5. The van der Waals surface area contributed by atoms with E-state index < -0.39 is 11.8 Å². The van der Waals surface area contributed by atoms with Crippen LogP contribution in [0.1, 0.15) is 63.6 Å². The molecule has 1 saturated heterocycles. The molecule has 1 aliphatic rings. The van der Waals surface area contributed by atoms with Crippen molar-refractivity contribution < 1.29 is 38.4 Å². The number of pyridine rings is 2. The van der Waals surface area contributed by atoms with Gasteiger partial charge in [0.25, 0.3) is 11.8 Å². The van der Waals surface area contributed by atoms with Crippen LogP contribution in [0.15, 0.2) is 79.1 Å². The van der Waals surface area contributed by atoms with E-state index in [0.29, 0.717) is 81.9 Å². The summed E-state index contributed by atoms with van der Waals surface area (Å²) in [6.07, 6.45) is 6.50. The fourth-order valence-electron chi connectivity index (χ4n) is 7.48. The molecule has 1 fully saturated rings. The number of amides is 2. The molecule has 2 amide bonds. The maximum atomic E-state index is 12.2. The number of unbranched alkanes of at least 4 members (excludes halogenated alkanes) is 1. The van der Waals surface area contributed by atoms with Gasteiger partial charge in [-0.05, 0) is 80.1 Å². The number of carbonyl (C=O) groups excluding carboxylic acids is 2. The lowest BCUT2D eigenvalue weighted by Crippen LogP contribution is -2.36. The summed E-state index contributed by atoms with van der Waals surface area (Å²) in [6, 6.07) is 20.8. The summed E-state index contributed by atoms with van der Waals surface area (Å²) in [7, 11) is 3.15. The van der Waals surface area contributed by atoms with Gasteiger partial charge in [0.2, 0.25) is 0 Å². The number of aliphatic hydroxyl groups excluding tert-OH is 1. The minimum atomic E-state index is -0.607. The zero-order valence-electron chi connectivity index (χ0n) is 37.4. The van der Waals surface area contributed by atoms with Gasteiger partial charge in [0, 0.05) is 65.6 Å². The Labute approximate surface area is 384 Å². The minimum Gasteiger partial charge on any atom is -0.493 e. The number of nitrogens with two attached hydrogens (primary N) is 2. The van der Waals surface area contributed by atoms with E-state index in [1.54, 1.807) is 26.4 Å². The van der Waals surface area contributed by atoms with Crippen molar-refractivity contribution in [2.24, 2.45) is 11.5 Å². The fraction of sp³-hybridized carbons (Fsp3) is 0.347. The molecule has 4 aromatic carbocycles. The predicted molar refractivity (Wildman–Crippen MR) is 256 cm³/mol. The summed E-state index contributed by atoms with van der Waals surface area (Å²) in [6.45, 7) is 9.61. The number of halogens is 1. The van der Waals surface area contributed by atoms with E-state index >= 15 is 0 Å². The lowest BCUT2D eigenvalue weighted by atomic mass is 10.0. The van der Waals surface area contributed by atoms with Crippen molar-refractivity contribution >= 4 is 68.0 Å². The highest BCUT2D eigenvalue weighted by molar-refractivity contribution is 6.17. The van der Waals surface area contributed by atoms with Gasteiger partial charge in [0.05, 0.1) is 80.8 Å². The van der Waals surface area contributed by atoms with E-state index in [1.807, 2.05) is 55.5 Å². The van der Waals surface area contributed by atoms with Crippen LogP contribution in [0.2, 0.25) is 0 Å². The number of hydrogen-bond acceptors (Lipinski definition) is 13. The molecule has 0 saturated carbocycles. The van der Waals surface area contributed by atoms with Crippen molar-refractivity contribution in [2.45, 2.75) is 46.1 Å². The third kappa shape index (κ3) is 12.0. The number of morpholine rings is 1. The van der Waals surface area contributed by atoms with Gasteiger partial charge in [-0.1, -0.05) is 37.3 Å². The van der Waals surface area contributed by atoms with Crippen molar-refractivity contribution in [1.29, 1.82) is 0 Å². The zero-order valence-corrected chi connectivity index (χ0v) is 38.1. The molecule has 0 spiro atoms. The smallest absolute Gasteiger partial charge is 0.252 e. The molecule has 0 bridgehead atoms. The summed E-state index contributed by atoms with van der Waals surface area (Å²) < 4.78 is 28.4. The number of primary amides is 2. The summed E-state index contributed by atoms with van der Waals surface area (Å²) in [5.74, 6) is 1.60. The number of anilines is 4. The van der Waals surface area contributed by atoms with Gasteiger partial charge in [0.15, 0.2) is 23.0 Å². The Morgan fingerprint density at radius 3 is 1.83 bits per heavy atom. The summed E-state index contributed by atoms with van der Waals surface area (Å²) in [5, 5.41) is 17.7. The monoisotopic (exact) mass is 907 g/mol. The molecule has 3 heterocycles. The molecule has 1 aliphatic heterocycles. The van der Waals surface area contributed by atoms with Gasteiger partial charge in [-0.3, -0.25) is 24.5 Å². The number of carbonyl (C=O) groups is 2. The highest BCUT2D eigenvalue weighted by atomic mass is 35.5. The quantitative estimate of drug-likeness (QED) is 0.0364. The number of fused-ring (bicyclic) bond motifs is 2. The number of nitrogens with zero attached hydrogens (tertiary/aromatic N) is 3. The van der Waals surface area contributed by atoms with Crippen molar-refractivity contribution in [1.82, 2.24) is 14.9 Å². The highest BCUT2D eigenvalue weighted by Crippen LogP contribution is 2.39. The van der Waals surface area contributed by atoms with Crippen LogP contribution >= 0.6 is 11.6 Å². The number of para-hydroxylation sites is 1. The lowest BCUT2D eigenvalue weighted by Gasteiger charge is -2.26. The first-order valence-corrected chi connectivity index (χ1v) is 22.2. The summed E-state index contributed by atoms with van der Waals surface area (Å²) >= 11 is 5.72. The van der Waals surface area contributed by atoms with Gasteiger partial charge in [-0.15, -0.1) is 11.6 Å². The molecule has 0 atom stereocenters. The van der Waals surface area contributed by atoms with Crippen molar-refractivity contribution in [3.8, 4) is 23.0 Å². The molecule has 7 rings (SSSR count). The van der Waals surface area contributed by atoms with Gasteiger partial charge in [0.1, 0.15) is 0 Å². The maximum absolute atomic E-state index is 12.2. The van der Waals surface area contributed by atoms with Gasteiger partial charge in [-0.2, -0.15) is 0 Å². The fourth-order valence-corrected chi connectivity index (χ4v) is 7.59. The topological polar surface area (TPSA) is 206 Å².